The van der Waals surface area contributed by atoms with Crippen LogP contribution in [0.4, 0.5) is 5.69 Å². The van der Waals surface area contributed by atoms with Gasteiger partial charge in [-0.3, -0.25) is 9.79 Å². The van der Waals surface area contributed by atoms with Gasteiger partial charge in [0, 0.05) is 51.8 Å². The van der Waals surface area contributed by atoms with Crippen molar-refractivity contribution in [2.24, 2.45) is 4.99 Å². The number of aliphatic imine (C=N–C) groups is 1. The number of para-hydroxylation sites is 1. The minimum atomic E-state index is -0.516. The second-order valence-corrected chi connectivity index (χ2v) is 13.2. The van der Waals surface area contributed by atoms with Gasteiger partial charge in [-0.2, -0.15) is 0 Å². The van der Waals surface area contributed by atoms with Gasteiger partial charge in [0.05, 0.1) is 11.4 Å². The first-order valence-corrected chi connectivity index (χ1v) is 16.9. The number of hydrogen-bond acceptors (Lipinski definition) is 2. The van der Waals surface area contributed by atoms with Gasteiger partial charge >= 0.3 is 0 Å². The Morgan fingerprint density at radius 2 is 1.40 bits per heavy atom. The highest BCUT2D eigenvalue weighted by Gasteiger charge is 2.37. The van der Waals surface area contributed by atoms with Crippen molar-refractivity contribution < 1.29 is 4.79 Å². The number of benzene rings is 3. The predicted octanol–water partition coefficient (Wildman–Crippen LogP) is 9.71. The molecule has 1 atom stereocenters. The molecule has 1 unspecified atom stereocenters. The number of rotatable bonds is 5. The van der Waals surface area contributed by atoms with Gasteiger partial charge in [0.1, 0.15) is 6.04 Å². The number of anilines is 1. The Labute approximate surface area is 260 Å². The van der Waals surface area contributed by atoms with Crippen LogP contribution in [-0.4, -0.2) is 28.3 Å². The van der Waals surface area contributed by atoms with Gasteiger partial charge in [-0.05, 0) is 55.5 Å². The first kappa shape index (κ1) is 28.4. The monoisotopic (exact) mass is 591 g/mol. The fraction of sp³-hybridized carbons (Fsp3) is 0.421. The number of amides is 1. The van der Waals surface area contributed by atoms with Crippen LogP contribution in [0, 0.1) is 0 Å². The number of aromatic nitrogens is 1. The molecule has 1 aromatic heterocycles. The van der Waals surface area contributed by atoms with E-state index < -0.39 is 6.04 Å². The largest absolute Gasteiger partial charge is 0.344 e. The van der Waals surface area contributed by atoms with Gasteiger partial charge < -0.3 is 9.47 Å². The van der Waals surface area contributed by atoms with E-state index in [1.165, 1.54) is 67.8 Å². The minimum Gasteiger partial charge on any atom is -0.344 e. The predicted molar refractivity (Wildman–Crippen MR) is 179 cm³/mol. The topological polar surface area (TPSA) is 37.6 Å². The van der Waals surface area contributed by atoms with E-state index in [9.17, 15) is 4.79 Å². The molecule has 0 bridgehead atoms. The first-order chi connectivity index (χ1) is 21.2. The Kier molecular flexibility index (Phi) is 8.39. The average molecular weight is 592 g/mol. The molecule has 0 radical (unpaired) electrons. The van der Waals surface area contributed by atoms with Gasteiger partial charge in [-0.15, -0.1) is 0 Å². The van der Waals surface area contributed by atoms with Crippen molar-refractivity contribution in [2.75, 3.05) is 4.90 Å². The second kappa shape index (κ2) is 12.7. The Balaban J connectivity index is 1.36. The summed E-state index contributed by atoms with van der Waals surface area (Å²) in [5.74, 6) is 0.118. The quantitative estimate of drug-likeness (QED) is 0.213. The summed E-state index contributed by atoms with van der Waals surface area (Å²) in [6, 6.07) is 25.3. The summed E-state index contributed by atoms with van der Waals surface area (Å²) in [6.07, 6.45) is 17.5. The van der Waals surface area contributed by atoms with Crippen molar-refractivity contribution in [1.29, 1.82) is 0 Å². The Bertz CT molecular complexity index is 1610. The van der Waals surface area contributed by atoms with Crippen molar-refractivity contribution in [1.82, 2.24) is 4.57 Å². The van der Waals surface area contributed by atoms with Gasteiger partial charge in [0.2, 0.25) is 0 Å². The Morgan fingerprint density at radius 3 is 2.12 bits per heavy atom. The van der Waals surface area contributed by atoms with E-state index in [4.69, 9.17) is 16.6 Å². The average Bonchev–Trinajstić information content (AvgIpc) is 3.30. The maximum Gasteiger partial charge on any atom is 0.252 e. The number of benzodiazepines with no additional fused rings is 1. The zero-order valence-electron chi connectivity index (χ0n) is 25.1. The fourth-order valence-corrected chi connectivity index (χ4v) is 7.98. The standard InChI is InChI=1S/C38H42ClN3O/c39-29-22-23-36-33(25-29)37(27-14-6-5-7-15-27)40-34(38(43)42(36)31-18-10-3-4-11-19-31)24-28-26-41(30-16-8-1-2-9-17-30)35-21-13-12-20-32(28)35/h5-7,12-15,20-23,25-26,30-31,34H,1-4,8-11,16-19,24H2. The molecule has 2 saturated carbocycles. The molecule has 43 heavy (non-hydrogen) atoms. The van der Waals surface area contributed by atoms with Crippen molar-refractivity contribution >= 4 is 39.8 Å². The third kappa shape index (κ3) is 5.79. The second-order valence-electron chi connectivity index (χ2n) is 12.8. The van der Waals surface area contributed by atoms with Gasteiger partial charge in [0.15, 0.2) is 0 Å². The SMILES string of the molecule is O=C1C(Cc2cn(C3CCCCCC3)c3ccccc23)N=C(c2ccccc2)c2cc(Cl)ccc2N1C1CCCCCC1. The summed E-state index contributed by atoms with van der Waals surface area (Å²) >= 11 is 6.64. The molecule has 0 saturated heterocycles. The van der Waals surface area contributed by atoms with Crippen molar-refractivity contribution in [3.05, 3.63) is 101 Å². The van der Waals surface area contributed by atoms with Gasteiger partial charge in [-0.1, -0.05) is 111 Å². The van der Waals surface area contributed by atoms with Crippen LogP contribution < -0.4 is 4.90 Å². The van der Waals surface area contributed by atoms with Crippen LogP contribution in [0.25, 0.3) is 10.9 Å². The third-order valence-electron chi connectivity index (χ3n) is 9.97. The van der Waals surface area contributed by atoms with Crippen molar-refractivity contribution in [3.8, 4) is 0 Å². The molecule has 4 nitrogen and oxygen atoms in total. The summed E-state index contributed by atoms with van der Waals surface area (Å²) in [5, 5.41) is 1.92. The normalized spacial score (nSPS) is 20.8. The molecule has 0 spiro atoms. The third-order valence-corrected chi connectivity index (χ3v) is 10.2. The molecule has 3 aromatic carbocycles. The summed E-state index contributed by atoms with van der Waals surface area (Å²) < 4.78 is 2.52. The smallest absolute Gasteiger partial charge is 0.252 e. The lowest BCUT2D eigenvalue weighted by atomic mass is 9.98. The highest BCUT2D eigenvalue weighted by atomic mass is 35.5. The van der Waals surface area contributed by atoms with Crippen molar-refractivity contribution in [3.63, 3.8) is 0 Å². The van der Waals surface area contributed by atoms with Crippen LogP contribution in [0.3, 0.4) is 0 Å². The zero-order chi connectivity index (χ0) is 29.2. The Hall–Kier alpha value is -3.37. The molecule has 222 valence electrons. The number of halogens is 1. The molecule has 1 aliphatic heterocycles. The number of fused-ring (bicyclic) bond motifs is 2. The molecule has 4 aromatic rings. The molecular formula is C38H42ClN3O. The minimum absolute atomic E-state index is 0.118. The van der Waals surface area contributed by atoms with Crippen LogP contribution in [0.1, 0.15) is 99.8 Å². The molecule has 5 heteroatoms. The maximum atomic E-state index is 14.9. The molecule has 1 amide bonds. The zero-order valence-corrected chi connectivity index (χ0v) is 25.8. The van der Waals surface area contributed by atoms with E-state index in [0.29, 0.717) is 17.5 Å². The van der Waals surface area contributed by atoms with E-state index in [-0.39, 0.29) is 11.9 Å². The molecule has 2 fully saturated rings. The lowest BCUT2D eigenvalue weighted by molar-refractivity contribution is -0.120. The van der Waals surface area contributed by atoms with E-state index in [1.807, 2.05) is 30.3 Å². The van der Waals surface area contributed by atoms with Crippen LogP contribution >= 0.6 is 11.6 Å². The van der Waals surface area contributed by atoms with E-state index in [1.54, 1.807) is 0 Å². The summed E-state index contributed by atoms with van der Waals surface area (Å²) in [7, 11) is 0. The van der Waals surface area contributed by atoms with Gasteiger partial charge in [0.25, 0.3) is 5.91 Å². The van der Waals surface area contributed by atoms with Crippen LogP contribution in [0.15, 0.2) is 84.0 Å². The molecule has 2 aliphatic carbocycles. The fourth-order valence-electron chi connectivity index (χ4n) is 7.81. The maximum absolute atomic E-state index is 14.9. The van der Waals surface area contributed by atoms with Crippen LogP contribution in [-0.2, 0) is 11.2 Å². The molecule has 0 N–H and O–H groups in total. The Morgan fingerprint density at radius 1 is 0.744 bits per heavy atom. The number of hydrogen-bond donors (Lipinski definition) is 0. The highest BCUT2D eigenvalue weighted by Crippen LogP contribution is 2.38. The summed E-state index contributed by atoms with van der Waals surface area (Å²) in [6.45, 7) is 0. The highest BCUT2D eigenvalue weighted by molar-refractivity contribution is 6.32. The van der Waals surface area contributed by atoms with Gasteiger partial charge in [-0.25, -0.2) is 0 Å². The molecular weight excluding hydrogens is 550 g/mol. The summed E-state index contributed by atoms with van der Waals surface area (Å²) in [5.41, 5.74) is 6.30. The van der Waals surface area contributed by atoms with E-state index in [2.05, 4.69) is 58.1 Å². The number of carbonyl (C=O) groups is 1. The van der Waals surface area contributed by atoms with Crippen molar-refractivity contribution in [2.45, 2.75) is 102 Å². The van der Waals surface area contributed by atoms with E-state index >= 15 is 0 Å². The lowest BCUT2D eigenvalue weighted by Gasteiger charge is -2.33. The summed E-state index contributed by atoms with van der Waals surface area (Å²) in [4.78, 5) is 22.4. The number of carbonyl (C=O) groups excluding carboxylic acids is 1. The van der Waals surface area contributed by atoms with E-state index in [0.717, 1.165) is 48.2 Å². The van der Waals surface area contributed by atoms with Crippen LogP contribution in [0.2, 0.25) is 5.02 Å². The van der Waals surface area contributed by atoms with Crippen LogP contribution in [0.5, 0.6) is 0 Å². The molecule has 3 aliphatic rings. The molecule has 7 rings (SSSR count). The molecule has 2 heterocycles. The first-order valence-electron chi connectivity index (χ1n) is 16.5. The lowest BCUT2D eigenvalue weighted by Crippen LogP contribution is -2.45. The number of nitrogens with zero attached hydrogens (tertiary/aromatic N) is 3.